The molecule has 0 aliphatic heterocycles. The van der Waals surface area contributed by atoms with E-state index in [0.717, 1.165) is 16.3 Å². The number of amides is 1. The fourth-order valence-corrected chi connectivity index (χ4v) is 4.27. The zero-order chi connectivity index (χ0) is 14.2. The molecule has 3 aromatic heterocycles. The molecule has 0 spiro atoms. The number of anilines is 1. The van der Waals surface area contributed by atoms with Crippen LogP contribution in [0.2, 0.25) is 0 Å². The van der Waals surface area contributed by atoms with Crippen molar-refractivity contribution in [2.45, 2.75) is 18.8 Å². The highest BCUT2D eigenvalue weighted by Gasteiger charge is 2.26. The molecule has 1 amide bonds. The minimum Gasteiger partial charge on any atom is -0.296 e. The van der Waals surface area contributed by atoms with Crippen LogP contribution >= 0.6 is 34.0 Å². The molecule has 4 rings (SSSR count). The monoisotopic (exact) mass is 333 g/mol. The molecule has 1 N–H and O–H groups in total. The van der Waals surface area contributed by atoms with Gasteiger partial charge < -0.3 is 0 Å². The molecule has 1 aliphatic carbocycles. The van der Waals surface area contributed by atoms with Gasteiger partial charge in [-0.1, -0.05) is 0 Å². The van der Waals surface area contributed by atoms with Crippen molar-refractivity contribution in [3.63, 3.8) is 0 Å². The molecule has 1 saturated carbocycles. The van der Waals surface area contributed by atoms with Crippen molar-refractivity contribution in [3.05, 3.63) is 39.0 Å². The van der Waals surface area contributed by atoms with Gasteiger partial charge in [-0.2, -0.15) is 11.3 Å². The van der Waals surface area contributed by atoms with Gasteiger partial charge in [0.25, 0.3) is 5.91 Å². The summed E-state index contributed by atoms with van der Waals surface area (Å²) >= 11 is 4.59. The highest BCUT2D eigenvalue weighted by molar-refractivity contribution is 7.14. The molecule has 21 heavy (non-hydrogen) atoms. The zero-order valence-corrected chi connectivity index (χ0v) is 13.4. The van der Waals surface area contributed by atoms with Crippen molar-refractivity contribution in [3.8, 4) is 10.6 Å². The van der Waals surface area contributed by atoms with Gasteiger partial charge in [0.15, 0.2) is 5.13 Å². The summed E-state index contributed by atoms with van der Waals surface area (Å²) in [5, 5.41) is 12.2. The second-order valence-electron chi connectivity index (χ2n) is 4.86. The number of aromatic nitrogens is 2. The van der Waals surface area contributed by atoms with Crippen molar-refractivity contribution in [2.75, 3.05) is 5.32 Å². The summed E-state index contributed by atoms with van der Waals surface area (Å²) in [6, 6.07) is 2.01. The van der Waals surface area contributed by atoms with Gasteiger partial charge in [0.2, 0.25) is 0 Å². The lowest BCUT2D eigenvalue weighted by Gasteiger charge is -1.97. The Morgan fingerprint density at radius 2 is 2.10 bits per heavy atom. The van der Waals surface area contributed by atoms with E-state index in [0.29, 0.717) is 16.7 Å². The average Bonchev–Trinajstić information content (AvgIpc) is 2.94. The molecule has 4 nitrogen and oxygen atoms in total. The molecule has 1 fully saturated rings. The smallest absolute Gasteiger partial charge is 0.276 e. The van der Waals surface area contributed by atoms with Crippen LogP contribution in [0.4, 0.5) is 5.13 Å². The van der Waals surface area contributed by atoms with Gasteiger partial charge in [0.1, 0.15) is 10.7 Å². The summed E-state index contributed by atoms with van der Waals surface area (Å²) in [4.78, 5) is 21.0. The minimum atomic E-state index is -0.190. The fourth-order valence-electron chi connectivity index (χ4n) is 1.97. The Hall–Kier alpha value is -1.57. The topological polar surface area (TPSA) is 54.9 Å². The van der Waals surface area contributed by atoms with Crippen LogP contribution in [0.3, 0.4) is 0 Å². The molecular weight excluding hydrogens is 322 g/mol. The first kappa shape index (κ1) is 13.1. The van der Waals surface area contributed by atoms with Gasteiger partial charge in [-0.05, 0) is 24.3 Å². The lowest BCUT2D eigenvalue weighted by Crippen LogP contribution is -2.12. The number of carbonyl (C=O) groups is 1. The number of nitrogens with one attached hydrogen (secondary N) is 1. The van der Waals surface area contributed by atoms with Gasteiger partial charge in [-0.3, -0.25) is 10.1 Å². The Morgan fingerprint density at radius 1 is 1.19 bits per heavy atom. The number of carbonyl (C=O) groups excluding carboxylic acids is 1. The quantitative estimate of drug-likeness (QED) is 0.767. The van der Waals surface area contributed by atoms with Gasteiger partial charge in [-0.15, -0.1) is 22.7 Å². The van der Waals surface area contributed by atoms with Crippen LogP contribution < -0.4 is 5.32 Å². The highest BCUT2D eigenvalue weighted by Crippen LogP contribution is 2.40. The second kappa shape index (κ2) is 5.32. The number of rotatable bonds is 4. The molecule has 0 bridgehead atoms. The summed E-state index contributed by atoms with van der Waals surface area (Å²) in [5.41, 5.74) is 2.62. The normalized spacial score (nSPS) is 14.3. The lowest BCUT2D eigenvalue weighted by atomic mass is 10.3. The molecule has 0 radical (unpaired) electrons. The Kier molecular flexibility index (Phi) is 3.33. The van der Waals surface area contributed by atoms with Crippen LogP contribution in [0.1, 0.15) is 34.9 Å². The largest absolute Gasteiger partial charge is 0.296 e. The van der Waals surface area contributed by atoms with Crippen molar-refractivity contribution in [1.29, 1.82) is 0 Å². The molecule has 3 heterocycles. The maximum Gasteiger partial charge on any atom is 0.276 e. The average molecular weight is 333 g/mol. The van der Waals surface area contributed by atoms with E-state index in [1.807, 2.05) is 22.2 Å². The number of hydrogen-bond acceptors (Lipinski definition) is 6. The third-order valence-corrected chi connectivity index (χ3v) is 5.59. The first-order valence-corrected chi connectivity index (χ1v) is 9.24. The maximum absolute atomic E-state index is 12.2. The molecule has 1 aliphatic rings. The molecule has 0 aromatic carbocycles. The summed E-state index contributed by atoms with van der Waals surface area (Å²) in [6.45, 7) is 0. The van der Waals surface area contributed by atoms with E-state index in [4.69, 9.17) is 0 Å². The van der Waals surface area contributed by atoms with Gasteiger partial charge in [-0.25, -0.2) is 9.97 Å². The van der Waals surface area contributed by atoms with Crippen LogP contribution in [-0.4, -0.2) is 15.9 Å². The minimum absolute atomic E-state index is 0.190. The third kappa shape index (κ3) is 2.76. The van der Waals surface area contributed by atoms with Crippen LogP contribution in [0.5, 0.6) is 0 Å². The third-order valence-electron chi connectivity index (χ3n) is 3.24. The summed E-state index contributed by atoms with van der Waals surface area (Å²) in [5.74, 6) is 0.417. The molecule has 0 atom stereocenters. The van der Waals surface area contributed by atoms with Gasteiger partial charge >= 0.3 is 0 Å². The lowest BCUT2D eigenvalue weighted by molar-refractivity contribution is 0.102. The first-order chi connectivity index (χ1) is 10.3. The van der Waals surface area contributed by atoms with Crippen molar-refractivity contribution in [1.82, 2.24) is 9.97 Å². The molecule has 106 valence electrons. The van der Waals surface area contributed by atoms with E-state index in [9.17, 15) is 4.79 Å². The van der Waals surface area contributed by atoms with E-state index in [1.54, 1.807) is 16.7 Å². The predicted octanol–water partition coefficient (Wildman–Crippen LogP) is 4.46. The first-order valence-electron chi connectivity index (χ1n) is 6.54. The summed E-state index contributed by atoms with van der Waals surface area (Å²) in [6.07, 6.45) is 2.43. The van der Waals surface area contributed by atoms with E-state index in [2.05, 4.69) is 15.3 Å². The second-order valence-corrected chi connectivity index (χ2v) is 7.35. The van der Waals surface area contributed by atoms with Crippen LogP contribution in [0.25, 0.3) is 10.6 Å². The Balaban J connectivity index is 1.49. The number of hydrogen-bond donors (Lipinski definition) is 1. The summed E-state index contributed by atoms with van der Waals surface area (Å²) < 4.78 is 0. The van der Waals surface area contributed by atoms with E-state index in [1.165, 1.54) is 35.5 Å². The Bertz CT molecular complexity index is 771. The Morgan fingerprint density at radius 3 is 2.86 bits per heavy atom. The SMILES string of the molecule is O=C(Nc1nc(C2CC2)cs1)c1csc(-c2ccsc2)n1. The summed E-state index contributed by atoms with van der Waals surface area (Å²) in [7, 11) is 0. The molecular formula is C14H11N3OS3. The standard InChI is InChI=1S/C14H11N3OS3/c18-12(17-14-16-10(6-21-14)8-1-2-8)11-7-20-13(15-11)9-3-4-19-5-9/h3-8H,1-2H2,(H,16,17,18). The van der Waals surface area contributed by atoms with E-state index in [-0.39, 0.29) is 5.91 Å². The fraction of sp³-hybridized carbons (Fsp3) is 0.214. The molecule has 0 saturated heterocycles. The van der Waals surface area contributed by atoms with Gasteiger partial charge in [0, 0.05) is 27.6 Å². The van der Waals surface area contributed by atoms with Crippen molar-refractivity contribution in [2.24, 2.45) is 0 Å². The highest BCUT2D eigenvalue weighted by atomic mass is 32.1. The predicted molar refractivity (Wildman–Crippen MR) is 87.5 cm³/mol. The van der Waals surface area contributed by atoms with Crippen molar-refractivity contribution >= 4 is 45.0 Å². The molecule has 7 heteroatoms. The molecule has 3 aromatic rings. The number of nitrogens with zero attached hydrogens (tertiary/aromatic N) is 2. The molecule has 0 unspecified atom stereocenters. The van der Waals surface area contributed by atoms with Crippen LogP contribution in [0, 0.1) is 0 Å². The Labute approximate surface area is 133 Å². The maximum atomic E-state index is 12.2. The van der Waals surface area contributed by atoms with E-state index >= 15 is 0 Å². The van der Waals surface area contributed by atoms with E-state index < -0.39 is 0 Å². The number of thiazole rings is 2. The zero-order valence-electron chi connectivity index (χ0n) is 10.9. The van der Waals surface area contributed by atoms with Gasteiger partial charge in [0.05, 0.1) is 5.69 Å². The van der Waals surface area contributed by atoms with Crippen LogP contribution in [0.15, 0.2) is 27.6 Å². The number of thiophene rings is 1. The van der Waals surface area contributed by atoms with Crippen LogP contribution in [-0.2, 0) is 0 Å². The van der Waals surface area contributed by atoms with Crippen molar-refractivity contribution < 1.29 is 4.79 Å².